The highest BCUT2D eigenvalue weighted by atomic mass is 32.2. The summed E-state index contributed by atoms with van der Waals surface area (Å²) in [6, 6.07) is 5.98. The molecule has 0 amide bonds. The van der Waals surface area contributed by atoms with Crippen LogP contribution in [0.1, 0.15) is 19.4 Å². The first kappa shape index (κ1) is 14.8. The van der Waals surface area contributed by atoms with Crippen molar-refractivity contribution in [3.8, 4) is 6.07 Å². The van der Waals surface area contributed by atoms with Crippen LogP contribution in [0, 0.1) is 17.2 Å². The summed E-state index contributed by atoms with van der Waals surface area (Å²) in [7, 11) is -3.72. The molecule has 1 aliphatic heterocycles. The molecule has 3 N–H and O–H groups in total. The first-order chi connectivity index (χ1) is 9.20. The maximum Gasteiger partial charge on any atom is 0.245 e. The molecule has 0 radical (unpaired) electrons. The molecule has 1 fully saturated rings. The predicted molar refractivity (Wildman–Crippen MR) is 74.1 cm³/mol. The Morgan fingerprint density at radius 3 is 2.50 bits per heavy atom. The maximum absolute atomic E-state index is 12.4. The average molecular weight is 295 g/mol. The number of anilines is 1. The average Bonchev–Trinajstić information content (AvgIpc) is 2.33. The third-order valence-electron chi connectivity index (χ3n) is 3.73. The summed E-state index contributed by atoms with van der Waals surface area (Å²) in [5.74, 6) is -0.0211. The van der Waals surface area contributed by atoms with Crippen molar-refractivity contribution in [2.45, 2.75) is 24.3 Å². The van der Waals surface area contributed by atoms with Crippen molar-refractivity contribution in [2.24, 2.45) is 5.92 Å². The zero-order valence-electron chi connectivity index (χ0n) is 11.4. The molecule has 1 aromatic rings. The second-order valence-corrected chi connectivity index (χ2v) is 7.30. The summed E-state index contributed by atoms with van der Waals surface area (Å²) in [6.07, 6.45) is 0. The van der Waals surface area contributed by atoms with Crippen molar-refractivity contribution in [2.75, 3.05) is 18.8 Å². The smallest absolute Gasteiger partial charge is 0.245 e. The fourth-order valence-corrected chi connectivity index (χ4v) is 3.75. The third kappa shape index (κ3) is 2.26. The van der Waals surface area contributed by atoms with Gasteiger partial charge in [-0.2, -0.15) is 9.57 Å². The molecule has 1 heterocycles. The molecule has 108 valence electrons. The van der Waals surface area contributed by atoms with E-state index < -0.39 is 15.6 Å². The Balaban J connectivity index is 2.28. The van der Waals surface area contributed by atoms with Gasteiger partial charge in [-0.1, -0.05) is 13.8 Å². The lowest BCUT2D eigenvalue weighted by Crippen LogP contribution is -2.65. The molecular formula is C13H17N3O3S. The van der Waals surface area contributed by atoms with Gasteiger partial charge in [-0.15, -0.1) is 0 Å². The molecule has 0 aromatic heterocycles. The largest absolute Gasteiger partial charge is 0.398 e. The second kappa shape index (κ2) is 4.74. The lowest BCUT2D eigenvalue weighted by Gasteiger charge is -2.47. The van der Waals surface area contributed by atoms with Crippen molar-refractivity contribution in [3.05, 3.63) is 23.8 Å². The van der Waals surface area contributed by atoms with Crippen LogP contribution in [0.5, 0.6) is 0 Å². The van der Waals surface area contributed by atoms with Gasteiger partial charge < -0.3 is 10.8 Å². The highest BCUT2D eigenvalue weighted by molar-refractivity contribution is 7.89. The monoisotopic (exact) mass is 295 g/mol. The van der Waals surface area contributed by atoms with Crippen LogP contribution in [0.3, 0.4) is 0 Å². The number of benzene rings is 1. The first-order valence-corrected chi connectivity index (χ1v) is 7.67. The zero-order valence-corrected chi connectivity index (χ0v) is 12.2. The Morgan fingerprint density at radius 2 is 2.05 bits per heavy atom. The fourth-order valence-electron chi connectivity index (χ4n) is 2.09. The van der Waals surface area contributed by atoms with Crippen molar-refractivity contribution in [3.63, 3.8) is 0 Å². The number of hydrogen-bond acceptors (Lipinski definition) is 5. The van der Waals surface area contributed by atoms with E-state index in [1.54, 1.807) is 0 Å². The highest BCUT2D eigenvalue weighted by Crippen LogP contribution is 2.34. The molecule has 0 aliphatic carbocycles. The molecular weight excluding hydrogens is 278 g/mol. The predicted octanol–water partition coefficient (Wildman–Crippen LogP) is 0.532. The van der Waals surface area contributed by atoms with Crippen LogP contribution >= 0.6 is 0 Å². The van der Waals surface area contributed by atoms with Crippen LogP contribution in [0.2, 0.25) is 0 Å². The highest BCUT2D eigenvalue weighted by Gasteiger charge is 2.49. The topological polar surface area (TPSA) is 107 Å². The summed E-state index contributed by atoms with van der Waals surface area (Å²) >= 11 is 0. The molecule has 7 heteroatoms. The van der Waals surface area contributed by atoms with E-state index in [4.69, 9.17) is 11.0 Å². The van der Waals surface area contributed by atoms with Crippen molar-refractivity contribution < 1.29 is 13.5 Å². The molecule has 1 saturated heterocycles. The van der Waals surface area contributed by atoms with Gasteiger partial charge in [0, 0.05) is 13.1 Å². The van der Waals surface area contributed by atoms with Gasteiger partial charge in [0.25, 0.3) is 0 Å². The van der Waals surface area contributed by atoms with Crippen LogP contribution in [-0.2, 0) is 10.0 Å². The molecule has 0 unspecified atom stereocenters. The summed E-state index contributed by atoms with van der Waals surface area (Å²) < 4.78 is 26.0. The van der Waals surface area contributed by atoms with E-state index in [2.05, 4.69) is 0 Å². The first-order valence-electron chi connectivity index (χ1n) is 6.23. The number of aliphatic hydroxyl groups is 1. The van der Waals surface area contributed by atoms with E-state index in [1.165, 1.54) is 22.5 Å². The van der Waals surface area contributed by atoms with Gasteiger partial charge in [-0.3, -0.25) is 0 Å². The van der Waals surface area contributed by atoms with E-state index in [0.717, 1.165) is 0 Å². The Hall–Kier alpha value is -1.62. The molecule has 2 rings (SSSR count). The Morgan fingerprint density at radius 1 is 1.45 bits per heavy atom. The minimum Gasteiger partial charge on any atom is -0.398 e. The van der Waals surface area contributed by atoms with Crippen LogP contribution in [0.4, 0.5) is 5.69 Å². The van der Waals surface area contributed by atoms with Gasteiger partial charge in [-0.25, -0.2) is 8.42 Å². The third-order valence-corrected chi connectivity index (χ3v) is 5.60. The van der Waals surface area contributed by atoms with Gasteiger partial charge in [0.05, 0.1) is 22.9 Å². The van der Waals surface area contributed by atoms with E-state index in [1.807, 2.05) is 19.9 Å². The molecule has 0 saturated carbocycles. The lowest BCUT2D eigenvalue weighted by atomic mass is 9.85. The van der Waals surface area contributed by atoms with Crippen molar-refractivity contribution >= 4 is 15.7 Å². The van der Waals surface area contributed by atoms with E-state index in [-0.39, 0.29) is 29.6 Å². The molecule has 1 aliphatic rings. The van der Waals surface area contributed by atoms with Gasteiger partial charge in [0.2, 0.25) is 10.0 Å². The summed E-state index contributed by atoms with van der Waals surface area (Å²) in [5.41, 5.74) is 5.08. The number of rotatable bonds is 3. The van der Waals surface area contributed by atoms with E-state index in [9.17, 15) is 13.5 Å². The fraction of sp³-hybridized carbons (Fsp3) is 0.462. The molecule has 1 aromatic carbocycles. The summed E-state index contributed by atoms with van der Waals surface area (Å²) in [6.45, 7) is 3.82. The van der Waals surface area contributed by atoms with E-state index in [0.29, 0.717) is 5.56 Å². The van der Waals surface area contributed by atoms with Crippen molar-refractivity contribution in [1.82, 2.24) is 4.31 Å². The molecule has 0 atom stereocenters. The van der Waals surface area contributed by atoms with E-state index >= 15 is 0 Å². The number of β-amino-alcohol motifs (C(OH)–C–C–N with tert-alkyl or cyclic N) is 1. The number of sulfonamides is 1. The summed E-state index contributed by atoms with van der Waals surface area (Å²) in [4.78, 5) is -0.0256. The Kier molecular flexibility index (Phi) is 3.50. The molecule has 0 spiro atoms. The van der Waals surface area contributed by atoms with Gasteiger partial charge in [0.1, 0.15) is 4.90 Å². The zero-order chi connectivity index (χ0) is 15.1. The SMILES string of the molecule is CC(C)C1(O)CN(S(=O)(=O)c2ccc(C#N)cc2N)C1. The maximum atomic E-state index is 12.4. The van der Waals surface area contributed by atoms with Gasteiger partial charge in [0.15, 0.2) is 0 Å². The minimum atomic E-state index is -3.72. The summed E-state index contributed by atoms with van der Waals surface area (Å²) in [5, 5.41) is 18.9. The Bertz CT molecular complexity index is 671. The number of hydrogen-bond donors (Lipinski definition) is 2. The standard InChI is InChI=1S/C13H17N3O3S/c1-9(2)13(17)7-16(8-13)20(18,19)12-4-3-10(6-14)5-11(12)15/h3-5,9,17H,7-8,15H2,1-2H3. The number of nitrogens with zero attached hydrogens (tertiary/aromatic N) is 2. The van der Waals surface area contributed by atoms with Crippen molar-refractivity contribution in [1.29, 1.82) is 5.26 Å². The molecule has 6 nitrogen and oxygen atoms in total. The van der Waals surface area contributed by atoms with Gasteiger partial charge in [-0.05, 0) is 24.1 Å². The number of nitriles is 1. The van der Waals surface area contributed by atoms with Crippen LogP contribution in [0.15, 0.2) is 23.1 Å². The second-order valence-electron chi connectivity index (χ2n) is 5.40. The van der Waals surface area contributed by atoms with Crippen LogP contribution in [-0.4, -0.2) is 36.5 Å². The van der Waals surface area contributed by atoms with Crippen LogP contribution in [0.25, 0.3) is 0 Å². The number of nitrogen functional groups attached to an aromatic ring is 1. The quantitative estimate of drug-likeness (QED) is 0.791. The number of nitrogens with two attached hydrogens (primary N) is 1. The molecule has 20 heavy (non-hydrogen) atoms. The Labute approximate surface area is 118 Å². The lowest BCUT2D eigenvalue weighted by molar-refractivity contribution is -0.0932. The van der Waals surface area contributed by atoms with Gasteiger partial charge >= 0.3 is 0 Å². The normalized spacial score (nSPS) is 18.6. The van der Waals surface area contributed by atoms with Crippen LogP contribution < -0.4 is 5.73 Å². The molecule has 0 bridgehead atoms. The minimum absolute atomic E-state index is 0.0211.